The zero-order valence-corrected chi connectivity index (χ0v) is 8.40. The monoisotopic (exact) mass is 206 g/mol. The summed E-state index contributed by atoms with van der Waals surface area (Å²) in [5.41, 5.74) is 11.7. The number of benzene rings is 1. The number of hydrogen-bond acceptors (Lipinski definition) is 3. The number of hydrogen-bond donors (Lipinski definition) is 2. The lowest BCUT2D eigenvalue weighted by atomic mass is 10.2. The summed E-state index contributed by atoms with van der Waals surface area (Å²) in [4.78, 5) is 11.0. The van der Waals surface area contributed by atoms with Crippen LogP contribution in [0.25, 0.3) is 0 Å². The van der Waals surface area contributed by atoms with Crippen LogP contribution in [-0.4, -0.2) is 12.5 Å². The molecule has 0 saturated heterocycles. The third-order valence-corrected chi connectivity index (χ3v) is 2.40. The van der Waals surface area contributed by atoms with Crippen LogP contribution in [0.2, 0.25) is 0 Å². The zero-order chi connectivity index (χ0) is 10.8. The molecule has 0 aromatic heterocycles. The van der Waals surface area contributed by atoms with Crippen LogP contribution in [0.5, 0.6) is 5.75 Å². The summed E-state index contributed by atoms with van der Waals surface area (Å²) in [6.45, 7) is 0.696. The number of nitrogens with two attached hydrogens (primary N) is 2. The normalized spacial score (nSPS) is 14.9. The quantitative estimate of drug-likeness (QED) is 0.725. The fourth-order valence-electron chi connectivity index (χ4n) is 1.35. The number of carbonyl (C=O) groups excluding carboxylic acids is 1. The van der Waals surface area contributed by atoms with E-state index in [1.54, 1.807) is 18.2 Å². The topological polar surface area (TPSA) is 78.3 Å². The predicted molar refractivity (Wildman–Crippen MR) is 57.6 cm³/mol. The number of carbonyl (C=O) groups is 1. The Morgan fingerprint density at radius 1 is 1.40 bits per heavy atom. The lowest BCUT2D eigenvalue weighted by Gasteiger charge is -2.07. The van der Waals surface area contributed by atoms with Gasteiger partial charge in [-0.2, -0.15) is 0 Å². The second kappa shape index (κ2) is 3.81. The molecule has 4 nitrogen and oxygen atoms in total. The molecule has 1 amide bonds. The lowest BCUT2D eigenvalue weighted by molar-refractivity contribution is 0.1000. The molecule has 1 aliphatic rings. The molecule has 1 aromatic carbocycles. The summed E-state index contributed by atoms with van der Waals surface area (Å²) < 4.78 is 5.51. The molecule has 4 heteroatoms. The van der Waals surface area contributed by atoms with Gasteiger partial charge in [0, 0.05) is 17.3 Å². The molecule has 0 bridgehead atoms. The minimum absolute atomic E-state index is 0.390. The van der Waals surface area contributed by atoms with Crippen molar-refractivity contribution in [3.63, 3.8) is 0 Å². The van der Waals surface area contributed by atoms with Crippen LogP contribution in [0, 0.1) is 5.92 Å². The fraction of sp³-hybridized carbons (Fsp3) is 0.364. The maximum absolute atomic E-state index is 11.0. The molecule has 1 fully saturated rings. The SMILES string of the molecule is NC(=O)c1cc(N)cc(OCC2CC2)c1. The Bertz CT molecular complexity index is 386. The molecule has 2 rings (SSSR count). The minimum Gasteiger partial charge on any atom is -0.493 e. The first-order valence-electron chi connectivity index (χ1n) is 4.98. The smallest absolute Gasteiger partial charge is 0.248 e. The van der Waals surface area contributed by atoms with E-state index in [0.29, 0.717) is 29.5 Å². The summed E-state index contributed by atoms with van der Waals surface area (Å²) >= 11 is 0. The Kier molecular flexibility index (Phi) is 2.49. The van der Waals surface area contributed by atoms with Gasteiger partial charge in [0.1, 0.15) is 5.75 Å². The van der Waals surface area contributed by atoms with Gasteiger partial charge in [0.2, 0.25) is 5.91 Å². The molecule has 15 heavy (non-hydrogen) atoms. The maximum atomic E-state index is 11.0. The molecule has 0 aliphatic heterocycles. The van der Waals surface area contributed by atoms with Gasteiger partial charge >= 0.3 is 0 Å². The van der Waals surface area contributed by atoms with E-state index in [1.807, 2.05) is 0 Å². The van der Waals surface area contributed by atoms with Crippen molar-refractivity contribution in [1.82, 2.24) is 0 Å². The van der Waals surface area contributed by atoms with Crippen molar-refractivity contribution in [2.75, 3.05) is 12.3 Å². The summed E-state index contributed by atoms with van der Waals surface area (Å²) in [6, 6.07) is 4.88. The Hall–Kier alpha value is -1.71. The standard InChI is InChI=1S/C11H14N2O2/c12-9-3-8(11(13)14)4-10(5-9)15-6-7-1-2-7/h3-5,7H,1-2,6,12H2,(H2,13,14). The van der Waals surface area contributed by atoms with E-state index < -0.39 is 5.91 Å². The summed E-state index contributed by atoms with van der Waals surface area (Å²) in [6.07, 6.45) is 2.45. The highest BCUT2D eigenvalue weighted by molar-refractivity contribution is 5.94. The van der Waals surface area contributed by atoms with Crippen LogP contribution in [0.3, 0.4) is 0 Å². The Morgan fingerprint density at radius 2 is 2.13 bits per heavy atom. The van der Waals surface area contributed by atoms with Crippen molar-refractivity contribution in [1.29, 1.82) is 0 Å². The van der Waals surface area contributed by atoms with E-state index in [2.05, 4.69) is 0 Å². The molecule has 4 N–H and O–H groups in total. The van der Waals surface area contributed by atoms with Crippen LogP contribution in [0.1, 0.15) is 23.2 Å². The Morgan fingerprint density at radius 3 is 2.73 bits per heavy atom. The van der Waals surface area contributed by atoms with Gasteiger partial charge in [-0.3, -0.25) is 4.79 Å². The van der Waals surface area contributed by atoms with E-state index >= 15 is 0 Å². The van der Waals surface area contributed by atoms with Crippen molar-refractivity contribution >= 4 is 11.6 Å². The summed E-state index contributed by atoms with van der Waals surface area (Å²) in [7, 11) is 0. The highest BCUT2D eigenvalue weighted by atomic mass is 16.5. The van der Waals surface area contributed by atoms with Gasteiger partial charge in [-0.25, -0.2) is 0 Å². The van der Waals surface area contributed by atoms with Gasteiger partial charge in [-0.1, -0.05) is 0 Å². The third-order valence-electron chi connectivity index (χ3n) is 2.40. The van der Waals surface area contributed by atoms with Gasteiger partial charge < -0.3 is 16.2 Å². The van der Waals surface area contributed by atoms with Crippen LogP contribution >= 0.6 is 0 Å². The van der Waals surface area contributed by atoms with Crippen LogP contribution in [0.15, 0.2) is 18.2 Å². The van der Waals surface area contributed by atoms with Crippen molar-refractivity contribution in [2.45, 2.75) is 12.8 Å². The molecular weight excluding hydrogens is 192 g/mol. The van der Waals surface area contributed by atoms with E-state index in [0.717, 1.165) is 0 Å². The van der Waals surface area contributed by atoms with Crippen LogP contribution < -0.4 is 16.2 Å². The van der Waals surface area contributed by atoms with Crippen molar-refractivity contribution in [2.24, 2.45) is 11.7 Å². The van der Waals surface area contributed by atoms with Crippen molar-refractivity contribution in [3.05, 3.63) is 23.8 Å². The summed E-state index contributed by atoms with van der Waals surface area (Å²) in [5.74, 6) is 0.803. The molecule has 0 spiro atoms. The molecule has 80 valence electrons. The Balaban J connectivity index is 2.10. The molecule has 1 aliphatic carbocycles. The van der Waals surface area contributed by atoms with Crippen molar-refractivity contribution < 1.29 is 9.53 Å². The van der Waals surface area contributed by atoms with Crippen LogP contribution in [-0.2, 0) is 0 Å². The molecular formula is C11H14N2O2. The first-order chi connectivity index (χ1) is 7.15. The van der Waals surface area contributed by atoms with E-state index in [-0.39, 0.29) is 0 Å². The first kappa shape index (κ1) is 9.83. The molecule has 0 radical (unpaired) electrons. The maximum Gasteiger partial charge on any atom is 0.248 e. The number of nitrogen functional groups attached to an aromatic ring is 1. The third kappa shape index (κ3) is 2.62. The van der Waals surface area contributed by atoms with Crippen LogP contribution in [0.4, 0.5) is 5.69 Å². The number of amides is 1. The number of ether oxygens (including phenoxy) is 1. The lowest BCUT2D eigenvalue weighted by Crippen LogP contribution is -2.11. The first-order valence-corrected chi connectivity index (χ1v) is 4.98. The fourth-order valence-corrected chi connectivity index (χ4v) is 1.35. The number of primary amides is 1. The van der Waals surface area contributed by atoms with E-state index in [9.17, 15) is 4.79 Å². The van der Waals surface area contributed by atoms with Gasteiger partial charge in [0.05, 0.1) is 6.61 Å². The summed E-state index contributed by atoms with van der Waals surface area (Å²) in [5, 5.41) is 0. The van der Waals surface area contributed by atoms with Gasteiger partial charge in [0.15, 0.2) is 0 Å². The average molecular weight is 206 g/mol. The molecule has 1 aromatic rings. The van der Waals surface area contributed by atoms with Gasteiger partial charge in [0.25, 0.3) is 0 Å². The second-order valence-corrected chi connectivity index (χ2v) is 3.91. The highest BCUT2D eigenvalue weighted by Crippen LogP contribution is 2.30. The average Bonchev–Trinajstić information content (AvgIpc) is 2.97. The number of rotatable bonds is 4. The molecule has 0 atom stereocenters. The predicted octanol–water partition coefficient (Wildman–Crippen LogP) is 1.16. The highest BCUT2D eigenvalue weighted by Gasteiger charge is 2.22. The molecule has 0 heterocycles. The minimum atomic E-state index is -0.487. The largest absolute Gasteiger partial charge is 0.493 e. The zero-order valence-electron chi connectivity index (χ0n) is 8.40. The Labute approximate surface area is 88.2 Å². The molecule has 0 unspecified atom stereocenters. The second-order valence-electron chi connectivity index (χ2n) is 3.91. The van der Waals surface area contributed by atoms with Crippen molar-refractivity contribution in [3.8, 4) is 5.75 Å². The van der Waals surface area contributed by atoms with E-state index in [1.165, 1.54) is 12.8 Å². The number of anilines is 1. The van der Waals surface area contributed by atoms with Gasteiger partial charge in [-0.15, -0.1) is 0 Å². The van der Waals surface area contributed by atoms with Gasteiger partial charge in [-0.05, 0) is 30.9 Å². The molecule has 1 saturated carbocycles. The van der Waals surface area contributed by atoms with E-state index in [4.69, 9.17) is 16.2 Å².